The number of hydrogen-bond donors (Lipinski definition) is 1. The summed E-state index contributed by atoms with van der Waals surface area (Å²) in [6.45, 7) is 0.956. The molecule has 0 aromatic carbocycles. The van der Waals surface area contributed by atoms with Crippen molar-refractivity contribution in [2.24, 2.45) is 5.92 Å². The van der Waals surface area contributed by atoms with E-state index >= 15 is 0 Å². The molecule has 2 aliphatic rings. The molecule has 13 heavy (non-hydrogen) atoms. The Labute approximate surface area is 80.3 Å². The number of hydrogen-bond acceptors (Lipinski definition) is 2. The highest BCUT2D eigenvalue weighted by molar-refractivity contribution is 4.80. The van der Waals surface area contributed by atoms with Gasteiger partial charge in [-0.3, -0.25) is 0 Å². The van der Waals surface area contributed by atoms with Gasteiger partial charge < -0.3 is 9.84 Å². The molecule has 2 fully saturated rings. The van der Waals surface area contributed by atoms with Crippen molar-refractivity contribution in [3.05, 3.63) is 0 Å². The summed E-state index contributed by atoms with van der Waals surface area (Å²) in [6, 6.07) is 0. The summed E-state index contributed by atoms with van der Waals surface area (Å²) in [7, 11) is 0. The molecule has 1 N–H and O–H groups in total. The lowest BCUT2D eigenvalue weighted by atomic mass is 9.78. The number of rotatable bonds is 3. The Morgan fingerprint density at radius 1 is 1.08 bits per heavy atom. The Kier molecular flexibility index (Phi) is 3.23. The van der Waals surface area contributed by atoms with Crippen LogP contribution in [0.1, 0.15) is 44.9 Å². The molecule has 0 aromatic heterocycles. The van der Waals surface area contributed by atoms with Gasteiger partial charge in [-0.2, -0.15) is 0 Å². The molecule has 2 nitrogen and oxygen atoms in total. The van der Waals surface area contributed by atoms with Gasteiger partial charge in [-0.05, 0) is 50.9 Å². The molecule has 1 heterocycles. The normalized spacial score (nSPS) is 39.9. The predicted octanol–water partition coefficient (Wildman–Crippen LogP) is 2.11. The van der Waals surface area contributed by atoms with Crippen LogP contribution in [0.15, 0.2) is 0 Å². The van der Waals surface area contributed by atoms with E-state index in [2.05, 4.69) is 0 Å². The molecule has 2 rings (SSSR count). The molecule has 0 radical (unpaired) electrons. The van der Waals surface area contributed by atoms with Crippen LogP contribution in [0.3, 0.4) is 0 Å². The van der Waals surface area contributed by atoms with Crippen molar-refractivity contribution in [3.8, 4) is 0 Å². The van der Waals surface area contributed by atoms with Crippen LogP contribution in [-0.4, -0.2) is 23.9 Å². The SMILES string of the molecule is OC1CCC1CCC1CCCCO1. The van der Waals surface area contributed by atoms with Gasteiger partial charge in [-0.15, -0.1) is 0 Å². The first-order valence-electron chi connectivity index (χ1n) is 5.66. The van der Waals surface area contributed by atoms with Crippen LogP contribution in [-0.2, 0) is 4.74 Å². The summed E-state index contributed by atoms with van der Waals surface area (Å²) >= 11 is 0. The van der Waals surface area contributed by atoms with Crippen LogP contribution in [0, 0.1) is 5.92 Å². The molecule has 1 aliphatic heterocycles. The largest absolute Gasteiger partial charge is 0.393 e. The van der Waals surface area contributed by atoms with Gasteiger partial charge in [-0.25, -0.2) is 0 Å². The Morgan fingerprint density at radius 3 is 2.54 bits per heavy atom. The van der Waals surface area contributed by atoms with Crippen molar-refractivity contribution in [1.29, 1.82) is 0 Å². The summed E-state index contributed by atoms with van der Waals surface area (Å²) < 4.78 is 5.65. The molecule has 0 spiro atoms. The lowest BCUT2D eigenvalue weighted by Crippen LogP contribution is -2.32. The van der Waals surface area contributed by atoms with E-state index in [1.54, 1.807) is 0 Å². The lowest BCUT2D eigenvalue weighted by Gasteiger charge is -2.34. The average molecular weight is 184 g/mol. The fourth-order valence-electron chi connectivity index (χ4n) is 2.32. The van der Waals surface area contributed by atoms with E-state index in [4.69, 9.17) is 4.74 Å². The Hall–Kier alpha value is -0.0800. The second kappa shape index (κ2) is 4.43. The Morgan fingerprint density at radius 2 is 2.00 bits per heavy atom. The fraction of sp³-hybridized carbons (Fsp3) is 1.00. The van der Waals surface area contributed by atoms with Gasteiger partial charge in [0, 0.05) is 6.61 Å². The van der Waals surface area contributed by atoms with E-state index in [1.807, 2.05) is 0 Å². The maximum Gasteiger partial charge on any atom is 0.0575 e. The highest BCUT2D eigenvalue weighted by Gasteiger charge is 2.29. The van der Waals surface area contributed by atoms with Crippen molar-refractivity contribution < 1.29 is 9.84 Å². The van der Waals surface area contributed by atoms with E-state index in [9.17, 15) is 5.11 Å². The molecular weight excluding hydrogens is 164 g/mol. The van der Waals surface area contributed by atoms with E-state index in [0.29, 0.717) is 12.0 Å². The van der Waals surface area contributed by atoms with Crippen LogP contribution in [0.5, 0.6) is 0 Å². The Balaban J connectivity index is 1.61. The third-order valence-electron chi connectivity index (χ3n) is 3.51. The summed E-state index contributed by atoms with van der Waals surface area (Å²) in [5.41, 5.74) is 0. The van der Waals surface area contributed by atoms with Crippen LogP contribution >= 0.6 is 0 Å². The van der Waals surface area contributed by atoms with Gasteiger partial charge in [0.15, 0.2) is 0 Å². The number of ether oxygens (including phenoxy) is 1. The lowest BCUT2D eigenvalue weighted by molar-refractivity contribution is -0.0167. The van der Waals surface area contributed by atoms with Crippen LogP contribution in [0.4, 0.5) is 0 Å². The molecule has 2 heteroatoms. The van der Waals surface area contributed by atoms with Gasteiger partial charge in [-0.1, -0.05) is 0 Å². The molecule has 1 aliphatic carbocycles. The van der Waals surface area contributed by atoms with Gasteiger partial charge in [0.05, 0.1) is 12.2 Å². The summed E-state index contributed by atoms with van der Waals surface area (Å²) in [4.78, 5) is 0. The van der Waals surface area contributed by atoms with Gasteiger partial charge >= 0.3 is 0 Å². The quantitative estimate of drug-likeness (QED) is 0.728. The molecule has 0 aromatic rings. The molecule has 3 atom stereocenters. The van der Waals surface area contributed by atoms with Crippen molar-refractivity contribution in [2.75, 3.05) is 6.61 Å². The standard InChI is InChI=1S/C11H20O2/c12-11-7-5-9(11)4-6-10-3-1-2-8-13-10/h9-12H,1-8H2. The molecule has 3 unspecified atom stereocenters. The van der Waals surface area contributed by atoms with Crippen molar-refractivity contribution in [2.45, 2.75) is 57.2 Å². The minimum atomic E-state index is 0.00332. The number of aliphatic hydroxyl groups is 1. The highest BCUT2D eigenvalue weighted by Crippen LogP contribution is 2.32. The second-order valence-corrected chi connectivity index (χ2v) is 4.47. The van der Waals surface area contributed by atoms with E-state index in [1.165, 1.54) is 38.5 Å². The monoisotopic (exact) mass is 184 g/mol. The smallest absolute Gasteiger partial charge is 0.0575 e. The van der Waals surface area contributed by atoms with Crippen molar-refractivity contribution in [1.82, 2.24) is 0 Å². The summed E-state index contributed by atoms with van der Waals surface area (Å²) in [5.74, 6) is 0.588. The molecular formula is C11H20O2. The third kappa shape index (κ3) is 2.44. The first-order valence-corrected chi connectivity index (χ1v) is 5.66. The second-order valence-electron chi connectivity index (χ2n) is 4.47. The molecule has 1 saturated heterocycles. The van der Waals surface area contributed by atoms with E-state index in [0.717, 1.165) is 13.0 Å². The zero-order valence-corrected chi connectivity index (χ0v) is 8.24. The zero-order chi connectivity index (χ0) is 9.10. The van der Waals surface area contributed by atoms with Gasteiger partial charge in [0.2, 0.25) is 0 Å². The van der Waals surface area contributed by atoms with Crippen molar-refractivity contribution >= 4 is 0 Å². The minimum absolute atomic E-state index is 0.00332. The maximum absolute atomic E-state index is 9.40. The van der Waals surface area contributed by atoms with E-state index in [-0.39, 0.29) is 6.10 Å². The molecule has 1 saturated carbocycles. The van der Waals surface area contributed by atoms with Crippen LogP contribution in [0.2, 0.25) is 0 Å². The fourth-order valence-corrected chi connectivity index (χ4v) is 2.32. The maximum atomic E-state index is 9.40. The highest BCUT2D eigenvalue weighted by atomic mass is 16.5. The third-order valence-corrected chi connectivity index (χ3v) is 3.51. The van der Waals surface area contributed by atoms with Crippen molar-refractivity contribution in [3.63, 3.8) is 0 Å². The first kappa shape index (κ1) is 9.47. The zero-order valence-electron chi connectivity index (χ0n) is 8.24. The Bertz CT molecular complexity index is 152. The summed E-state index contributed by atoms with van der Waals surface area (Å²) in [6.07, 6.45) is 8.91. The van der Waals surface area contributed by atoms with Crippen LogP contribution < -0.4 is 0 Å². The molecule has 0 bridgehead atoms. The predicted molar refractivity (Wildman–Crippen MR) is 51.6 cm³/mol. The summed E-state index contributed by atoms with van der Waals surface area (Å²) in [5, 5.41) is 9.40. The van der Waals surface area contributed by atoms with Gasteiger partial charge in [0.25, 0.3) is 0 Å². The first-order chi connectivity index (χ1) is 6.36. The molecule has 76 valence electrons. The minimum Gasteiger partial charge on any atom is -0.393 e. The van der Waals surface area contributed by atoms with Crippen LogP contribution in [0.25, 0.3) is 0 Å². The topological polar surface area (TPSA) is 29.5 Å². The molecule has 0 amide bonds. The van der Waals surface area contributed by atoms with Gasteiger partial charge in [0.1, 0.15) is 0 Å². The number of aliphatic hydroxyl groups excluding tert-OH is 1. The van der Waals surface area contributed by atoms with E-state index < -0.39 is 0 Å². The average Bonchev–Trinajstić information content (AvgIpc) is 2.17.